The van der Waals surface area contributed by atoms with Gasteiger partial charge in [0, 0.05) is 12.6 Å². The molecule has 0 amide bonds. The lowest BCUT2D eigenvalue weighted by molar-refractivity contribution is 0.102. The number of rotatable bonds is 4. The first kappa shape index (κ1) is 13.0. The Kier molecular flexibility index (Phi) is 3.42. The summed E-state index contributed by atoms with van der Waals surface area (Å²) in [6, 6.07) is 16.3. The molecule has 0 saturated heterocycles. The van der Waals surface area contributed by atoms with E-state index in [4.69, 9.17) is 4.74 Å². The van der Waals surface area contributed by atoms with Crippen molar-refractivity contribution in [2.75, 3.05) is 0 Å². The molecule has 0 spiro atoms. The molecule has 21 heavy (non-hydrogen) atoms. The molecule has 3 aromatic rings. The maximum atomic E-state index is 12.2. The zero-order valence-corrected chi connectivity index (χ0v) is 11.3. The Morgan fingerprint density at radius 1 is 1.00 bits per heavy atom. The third-order valence-electron chi connectivity index (χ3n) is 2.92. The van der Waals surface area contributed by atoms with Gasteiger partial charge < -0.3 is 4.74 Å². The van der Waals surface area contributed by atoms with Crippen LogP contribution in [0, 0.1) is 0 Å². The van der Waals surface area contributed by atoms with Crippen LogP contribution in [0.3, 0.4) is 0 Å². The van der Waals surface area contributed by atoms with E-state index in [1.807, 2.05) is 30.3 Å². The summed E-state index contributed by atoms with van der Waals surface area (Å²) in [6.07, 6.45) is 0. The Labute approximate surface area is 121 Å². The number of hydrogen-bond acceptors (Lipinski definition) is 5. The van der Waals surface area contributed by atoms with Crippen LogP contribution in [0.2, 0.25) is 0 Å². The Morgan fingerprint density at radius 2 is 1.67 bits per heavy atom. The maximum absolute atomic E-state index is 12.2. The van der Waals surface area contributed by atoms with E-state index in [0.29, 0.717) is 11.3 Å². The van der Waals surface area contributed by atoms with Crippen LogP contribution in [0.1, 0.15) is 16.2 Å². The molecule has 0 bridgehead atoms. The van der Waals surface area contributed by atoms with Crippen molar-refractivity contribution < 1.29 is 9.53 Å². The summed E-state index contributed by atoms with van der Waals surface area (Å²) in [5.74, 6) is 1.38. The quantitative estimate of drug-likeness (QED) is 0.685. The number of nitrogens with zero attached hydrogens (tertiary/aromatic N) is 4. The molecule has 1 heterocycles. The smallest absolute Gasteiger partial charge is 0.231 e. The molecular weight excluding hydrogens is 268 g/mol. The van der Waals surface area contributed by atoms with Crippen molar-refractivity contribution in [2.24, 2.45) is 7.05 Å². The number of aryl methyl sites for hydroxylation is 1. The summed E-state index contributed by atoms with van der Waals surface area (Å²) >= 11 is 0. The Balaban J connectivity index is 1.78. The molecule has 6 nitrogen and oxygen atoms in total. The van der Waals surface area contributed by atoms with Crippen LogP contribution in [-0.2, 0) is 7.05 Å². The maximum Gasteiger partial charge on any atom is 0.231 e. The van der Waals surface area contributed by atoms with Gasteiger partial charge in [-0.1, -0.05) is 18.2 Å². The molecule has 1 aromatic heterocycles. The van der Waals surface area contributed by atoms with Crippen LogP contribution in [-0.4, -0.2) is 26.0 Å². The van der Waals surface area contributed by atoms with Crippen molar-refractivity contribution in [1.29, 1.82) is 0 Å². The van der Waals surface area contributed by atoms with E-state index in [-0.39, 0.29) is 11.6 Å². The fourth-order valence-electron chi connectivity index (χ4n) is 1.85. The van der Waals surface area contributed by atoms with Crippen molar-refractivity contribution >= 4 is 5.78 Å². The third-order valence-corrected chi connectivity index (χ3v) is 2.92. The highest BCUT2D eigenvalue weighted by Gasteiger charge is 2.15. The van der Waals surface area contributed by atoms with Crippen molar-refractivity contribution in [2.45, 2.75) is 0 Å². The zero-order valence-electron chi connectivity index (χ0n) is 11.3. The Bertz CT molecular complexity index is 751. The molecule has 0 aliphatic rings. The number of hydrogen-bond donors (Lipinski definition) is 0. The van der Waals surface area contributed by atoms with E-state index in [9.17, 15) is 4.79 Å². The van der Waals surface area contributed by atoms with Crippen LogP contribution >= 0.6 is 0 Å². The Morgan fingerprint density at radius 3 is 2.29 bits per heavy atom. The van der Waals surface area contributed by atoms with E-state index < -0.39 is 0 Å². The third kappa shape index (κ3) is 2.79. The van der Waals surface area contributed by atoms with Crippen molar-refractivity contribution in [3.05, 3.63) is 66.0 Å². The monoisotopic (exact) mass is 280 g/mol. The summed E-state index contributed by atoms with van der Waals surface area (Å²) in [5, 5.41) is 10.8. The summed E-state index contributed by atoms with van der Waals surface area (Å²) in [6.45, 7) is 0. The summed E-state index contributed by atoms with van der Waals surface area (Å²) in [5.41, 5.74) is 0.508. The number of ketones is 1. The molecule has 3 rings (SSSR count). The van der Waals surface area contributed by atoms with Gasteiger partial charge in [-0.3, -0.25) is 4.79 Å². The second-order valence-electron chi connectivity index (χ2n) is 4.39. The second kappa shape index (κ2) is 5.54. The fourth-order valence-corrected chi connectivity index (χ4v) is 1.85. The van der Waals surface area contributed by atoms with Gasteiger partial charge in [0.25, 0.3) is 0 Å². The number of para-hydroxylation sites is 1. The molecule has 0 aliphatic carbocycles. The van der Waals surface area contributed by atoms with E-state index in [1.165, 1.54) is 4.68 Å². The summed E-state index contributed by atoms with van der Waals surface area (Å²) in [7, 11) is 1.63. The van der Waals surface area contributed by atoms with Gasteiger partial charge in [-0.2, -0.15) is 0 Å². The van der Waals surface area contributed by atoms with Gasteiger partial charge in [0.15, 0.2) is 0 Å². The molecule has 6 heteroatoms. The predicted molar refractivity (Wildman–Crippen MR) is 75.2 cm³/mol. The van der Waals surface area contributed by atoms with Gasteiger partial charge in [-0.25, -0.2) is 4.68 Å². The lowest BCUT2D eigenvalue weighted by atomic mass is 10.1. The van der Waals surface area contributed by atoms with E-state index >= 15 is 0 Å². The molecule has 0 radical (unpaired) electrons. The highest BCUT2D eigenvalue weighted by Crippen LogP contribution is 2.21. The van der Waals surface area contributed by atoms with Crippen LogP contribution in [0.5, 0.6) is 11.5 Å². The van der Waals surface area contributed by atoms with Crippen LogP contribution in [0.15, 0.2) is 54.6 Å². The largest absolute Gasteiger partial charge is 0.457 e. The first-order valence-corrected chi connectivity index (χ1v) is 6.34. The van der Waals surface area contributed by atoms with Crippen LogP contribution in [0.4, 0.5) is 0 Å². The molecule has 0 N–H and O–H groups in total. The molecule has 104 valence electrons. The number of carbonyl (C=O) groups excluding carboxylic acids is 1. The summed E-state index contributed by atoms with van der Waals surface area (Å²) in [4.78, 5) is 12.2. The van der Waals surface area contributed by atoms with Crippen molar-refractivity contribution in [1.82, 2.24) is 20.2 Å². The fraction of sp³-hybridized carbons (Fsp3) is 0.0667. The first-order valence-electron chi connectivity index (χ1n) is 6.34. The molecule has 0 fully saturated rings. The zero-order chi connectivity index (χ0) is 14.7. The van der Waals surface area contributed by atoms with Gasteiger partial charge in [0.2, 0.25) is 11.6 Å². The number of ether oxygens (including phenoxy) is 1. The minimum atomic E-state index is -0.228. The van der Waals surface area contributed by atoms with Crippen LogP contribution in [0.25, 0.3) is 0 Å². The summed E-state index contributed by atoms with van der Waals surface area (Å²) < 4.78 is 7.01. The molecule has 2 aromatic carbocycles. The topological polar surface area (TPSA) is 69.9 Å². The lowest BCUT2D eigenvalue weighted by Crippen LogP contribution is -2.09. The number of benzene rings is 2. The number of carbonyl (C=O) groups is 1. The van der Waals surface area contributed by atoms with Gasteiger partial charge >= 0.3 is 0 Å². The SMILES string of the molecule is Cn1nnnc1C(=O)c1ccc(Oc2ccccc2)cc1. The minimum absolute atomic E-state index is 0.201. The normalized spacial score (nSPS) is 10.3. The number of aromatic nitrogens is 4. The van der Waals surface area contributed by atoms with Gasteiger partial charge in [-0.05, 0) is 46.8 Å². The van der Waals surface area contributed by atoms with E-state index in [0.717, 1.165) is 5.75 Å². The first-order chi connectivity index (χ1) is 10.2. The molecular formula is C15H12N4O2. The average Bonchev–Trinajstić information content (AvgIpc) is 2.94. The molecule has 0 saturated carbocycles. The van der Waals surface area contributed by atoms with Gasteiger partial charge in [0.05, 0.1) is 0 Å². The lowest BCUT2D eigenvalue weighted by Gasteiger charge is -2.06. The van der Waals surface area contributed by atoms with Gasteiger partial charge in [-0.15, -0.1) is 5.10 Å². The second-order valence-corrected chi connectivity index (χ2v) is 4.39. The van der Waals surface area contributed by atoms with Crippen molar-refractivity contribution in [3.63, 3.8) is 0 Å². The van der Waals surface area contributed by atoms with Crippen LogP contribution < -0.4 is 4.74 Å². The van der Waals surface area contributed by atoms with Gasteiger partial charge in [0.1, 0.15) is 11.5 Å². The van der Waals surface area contributed by atoms with E-state index in [2.05, 4.69) is 15.5 Å². The highest BCUT2D eigenvalue weighted by molar-refractivity contribution is 6.06. The average molecular weight is 280 g/mol. The van der Waals surface area contributed by atoms with Crippen molar-refractivity contribution in [3.8, 4) is 11.5 Å². The number of tetrazole rings is 1. The molecule has 0 atom stereocenters. The predicted octanol–water partition coefficient (Wildman–Crippen LogP) is 2.23. The Hall–Kier alpha value is -3.02. The highest BCUT2D eigenvalue weighted by atomic mass is 16.5. The molecule has 0 aliphatic heterocycles. The minimum Gasteiger partial charge on any atom is -0.457 e. The van der Waals surface area contributed by atoms with E-state index in [1.54, 1.807) is 31.3 Å². The molecule has 0 unspecified atom stereocenters. The standard InChI is InChI=1S/C15H12N4O2/c1-19-15(16-17-18-19)14(20)11-7-9-13(10-8-11)21-12-5-3-2-4-6-12/h2-10H,1H3.